The zero-order valence-electron chi connectivity index (χ0n) is 20.4. The average Bonchev–Trinajstić information content (AvgIpc) is 3.71. The molecule has 2 atom stereocenters. The Morgan fingerprint density at radius 3 is 2.55 bits per heavy atom. The van der Waals surface area contributed by atoms with Crippen LogP contribution in [0.3, 0.4) is 0 Å². The number of fused-ring (bicyclic) bond motifs is 1. The van der Waals surface area contributed by atoms with Crippen LogP contribution in [0.25, 0.3) is 21.9 Å². The second kappa shape index (κ2) is 9.94. The molecule has 3 N–H and O–H groups in total. The van der Waals surface area contributed by atoms with E-state index in [2.05, 4.69) is 33.0 Å². The number of carbonyl (C=O) groups excluding carboxylic acids is 1. The summed E-state index contributed by atoms with van der Waals surface area (Å²) < 4.78 is 14.9. The van der Waals surface area contributed by atoms with Gasteiger partial charge in [0.2, 0.25) is 0 Å². The molecule has 1 aromatic heterocycles. The first-order valence-electron chi connectivity index (χ1n) is 12.5. The van der Waals surface area contributed by atoms with Gasteiger partial charge in [-0.15, -0.1) is 0 Å². The molecule has 0 aliphatic heterocycles. The molecule has 1 heterocycles. The van der Waals surface area contributed by atoms with Gasteiger partial charge in [-0.3, -0.25) is 4.79 Å². The lowest BCUT2D eigenvalue weighted by molar-refractivity contribution is 0.251. The minimum absolute atomic E-state index is 0.104. The quantitative estimate of drug-likeness (QED) is 0.265. The van der Waals surface area contributed by atoms with Gasteiger partial charge < -0.3 is 10.6 Å². The molecule has 188 valence electrons. The first kappa shape index (κ1) is 23.6. The van der Waals surface area contributed by atoms with Gasteiger partial charge in [0.25, 0.3) is 5.56 Å². The molecule has 1 aliphatic rings. The van der Waals surface area contributed by atoms with E-state index in [-0.39, 0.29) is 23.4 Å². The van der Waals surface area contributed by atoms with E-state index in [1.807, 2.05) is 42.5 Å². The van der Waals surface area contributed by atoms with Gasteiger partial charge in [0.15, 0.2) is 0 Å². The number of carbonyl (C=O) groups is 1. The Hall–Kier alpha value is -4.78. The molecule has 38 heavy (non-hydrogen) atoms. The lowest BCUT2D eigenvalue weighted by Crippen LogP contribution is -2.31. The smallest absolute Gasteiger partial charge is 0.319 e. The number of nitrogens with one attached hydrogen (secondary N) is 3. The first-order valence-corrected chi connectivity index (χ1v) is 12.5. The molecule has 2 amide bonds. The predicted molar refractivity (Wildman–Crippen MR) is 147 cm³/mol. The summed E-state index contributed by atoms with van der Waals surface area (Å²) in [6.07, 6.45) is 1.34. The molecule has 0 spiro atoms. The van der Waals surface area contributed by atoms with Crippen molar-refractivity contribution < 1.29 is 9.18 Å². The Kier molecular flexibility index (Phi) is 6.17. The van der Waals surface area contributed by atoms with E-state index in [1.165, 1.54) is 11.6 Å². The molecule has 6 nitrogen and oxygen atoms in total. The molecule has 0 radical (unpaired) electrons. The van der Waals surface area contributed by atoms with Gasteiger partial charge in [-0.25, -0.2) is 14.3 Å². The van der Waals surface area contributed by atoms with E-state index >= 15 is 0 Å². The molecule has 7 heteroatoms. The van der Waals surface area contributed by atoms with Crippen LogP contribution >= 0.6 is 0 Å². The number of urea groups is 1. The molecule has 1 fully saturated rings. The molecule has 5 aromatic rings. The number of hydrogen-bond acceptors (Lipinski definition) is 3. The summed E-state index contributed by atoms with van der Waals surface area (Å²) in [6, 6.07) is 29.3. The van der Waals surface area contributed by atoms with Crippen molar-refractivity contribution in [1.82, 2.24) is 15.5 Å². The van der Waals surface area contributed by atoms with E-state index < -0.39 is 0 Å². The molecular formula is C31H25FN4O2. The Bertz CT molecular complexity index is 1700. The molecule has 0 saturated heterocycles. The summed E-state index contributed by atoms with van der Waals surface area (Å²) in [5.41, 5.74) is 4.19. The maximum Gasteiger partial charge on any atom is 0.319 e. The van der Waals surface area contributed by atoms with Crippen LogP contribution in [0, 0.1) is 5.82 Å². The number of nitrogens with zero attached hydrogens (tertiary/aromatic N) is 1. The van der Waals surface area contributed by atoms with Crippen LogP contribution in [0.2, 0.25) is 0 Å². The standard InChI is InChI=1S/C31H25FN4O2/c32-27-14-13-19(16-29-23-11-4-5-12-24(23)30(37)36-35-29)15-25(27)21-9-6-10-22(17-21)33-31(38)34-28-18-26(28)20-7-2-1-3-8-20/h1-15,17,26,28H,16,18H2,(H,36,37)(H2,33,34,38). The summed E-state index contributed by atoms with van der Waals surface area (Å²) in [6.45, 7) is 0. The van der Waals surface area contributed by atoms with Crippen molar-refractivity contribution in [2.45, 2.75) is 24.8 Å². The molecule has 0 bridgehead atoms. The number of rotatable bonds is 6. The van der Waals surface area contributed by atoms with E-state index in [9.17, 15) is 14.0 Å². The number of benzene rings is 4. The summed E-state index contributed by atoms with van der Waals surface area (Å²) in [5.74, 6) is -0.0301. The fraction of sp³-hybridized carbons (Fsp3) is 0.129. The van der Waals surface area contributed by atoms with Crippen LogP contribution in [0.15, 0.2) is 102 Å². The van der Waals surface area contributed by atoms with Crippen LogP contribution in [0.1, 0.15) is 29.2 Å². The fourth-order valence-corrected chi connectivity index (χ4v) is 4.93. The summed E-state index contributed by atoms with van der Waals surface area (Å²) in [4.78, 5) is 24.7. The van der Waals surface area contributed by atoms with Crippen LogP contribution in [-0.4, -0.2) is 22.3 Å². The predicted octanol–water partition coefficient (Wildman–Crippen LogP) is 6.00. The Balaban J connectivity index is 1.18. The summed E-state index contributed by atoms with van der Waals surface area (Å²) >= 11 is 0. The maximum atomic E-state index is 14.9. The van der Waals surface area contributed by atoms with Gasteiger partial charge in [-0.2, -0.15) is 5.10 Å². The number of H-pyrrole nitrogens is 1. The Morgan fingerprint density at radius 2 is 1.71 bits per heavy atom. The van der Waals surface area contributed by atoms with Crippen molar-refractivity contribution in [3.63, 3.8) is 0 Å². The SMILES string of the molecule is O=C(Nc1cccc(-c2cc(Cc3n[nH]c(=O)c4ccccc34)ccc2F)c1)NC1CC1c1ccccc1. The topological polar surface area (TPSA) is 86.9 Å². The third-order valence-electron chi connectivity index (χ3n) is 6.94. The molecule has 1 saturated carbocycles. The second-order valence-electron chi connectivity index (χ2n) is 9.57. The van der Waals surface area contributed by atoms with Gasteiger partial charge in [-0.1, -0.05) is 66.7 Å². The van der Waals surface area contributed by atoms with Crippen molar-refractivity contribution >= 4 is 22.5 Å². The maximum absolute atomic E-state index is 14.9. The first-order chi connectivity index (χ1) is 18.5. The monoisotopic (exact) mass is 504 g/mol. The Labute approximate surface area is 218 Å². The minimum atomic E-state index is -0.363. The van der Waals surface area contributed by atoms with Gasteiger partial charge >= 0.3 is 6.03 Å². The van der Waals surface area contributed by atoms with Crippen LogP contribution in [0.5, 0.6) is 0 Å². The lowest BCUT2D eigenvalue weighted by Gasteiger charge is -2.11. The van der Waals surface area contributed by atoms with Crippen molar-refractivity contribution in [2.75, 3.05) is 5.32 Å². The van der Waals surface area contributed by atoms with Crippen LogP contribution in [-0.2, 0) is 6.42 Å². The van der Waals surface area contributed by atoms with Gasteiger partial charge in [0, 0.05) is 35.0 Å². The van der Waals surface area contributed by atoms with Crippen LogP contribution in [0.4, 0.5) is 14.9 Å². The Morgan fingerprint density at radius 1 is 0.921 bits per heavy atom. The van der Waals surface area contributed by atoms with Gasteiger partial charge in [0.1, 0.15) is 5.82 Å². The number of hydrogen-bond donors (Lipinski definition) is 3. The molecule has 6 rings (SSSR count). The molecule has 4 aromatic carbocycles. The van der Waals surface area contributed by atoms with Gasteiger partial charge in [0.05, 0.1) is 11.1 Å². The highest BCUT2D eigenvalue weighted by atomic mass is 19.1. The normalized spacial score (nSPS) is 16.2. The number of halogens is 1. The largest absolute Gasteiger partial charge is 0.334 e. The highest BCUT2D eigenvalue weighted by Gasteiger charge is 2.39. The fourth-order valence-electron chi connectivity index (χ4n) is 4.93. The highest BCUT2D eigenvalue weighted by Crippen LogP contribution is 2.40. The highest BCUT2D eigenvalue weighted by molar-refractivity contribution is 5.90. The van der Waals surface area contributed by atoms with Crippen molar-refractivity contribution in [2.24, 2.45) is 0 Å². The van der Waals surface area contributed by atoms with E-state index in [4.69, 9.17) is 0 Å². The van der Waals surface area contributed by atoms with Gasteiger partial charge in [-0.05, 0) is 53.4 Å². The number of aromatic amines is 1. The minimum Gasteiger partial charge on any atom is -0.334 e. The van der Waals surface area contributed by atoms with E-state index in [0.29, 0.717) is 40.2 Å². The number of anilines is 1. The lowest BCUT2D eigenvalue weighted by atomic mass is 9.98. The van der Waals surface area contributed by atoms with Crippen LogP contribution < -0.4 is 16.2 Å². The zero-order valence-corrected chi connectivity index (χ0v) is 20.4. The summed E-state index contributed by atoms with van der Waals surface area (Å²) in [7, 11) is 0. The molecule has 2 unspecified atom stereocenters. The average molecular weight is 505 g/mol. The van der Waals surface area contributed by atoms with Crippen molar-refractivity contribution in [1.29, 1.82) is 0 Å². The van der Waals surface area contributed by atoms with E-state index in [1.54, 1.807) is 36.4 Å². The zero-order chi connectivity index (χ0) is 26.1. The third-order valence-corrected chi connectivity index (χ3v) is 6.94. The molecular weight excluding hydrogens is 479 g/mol. The second-order valence-corrected chi connectivity index (χ2v) is 9.57. The third kappa shape index (κ3) is 4.91. The van der Waals surface area contributed by atoms with Crippen molar-refractivity contribution in [3.8, 4) is 11.1 Å². The van der Waals surface area contributed by atoms with Crippen molar-refractivity contribution in [3.05, 3.63) is 130 Å². The number of amides is 2. The summed E-state index contributed by atoms with van der Waals surface area (Å²) in [5, 5.41) is 14.0. The van der Waals surface area contributed by atoms with E-state index in [0.717, 1.165) is 17.4 Å². The molecule has 1 aliphatic carbocycles. The number of aromatic nitrogens is 2.